The smallest absolute Gasteiger partial charge is 0.490 e. The Labute approximate surface area is 104 Å². The Morgan fingerprint density at radius 1 is 1.11 bits per heavy atom. The second kappa shape index (κ2) is 7.10. The van der Waals surface area contributed by atoms with Crippen LogP contribution in [-0.2, 0) is 0 Å². The fourth-order valence-electron chi connectivity index (χ4n) is 1.36. The number of hydrogen-bond donors (Lipinski definition) is 1. The number of para-hydroxylation sites is 2. The van der Waals surface area contributed by atoms with Crippen molar-refractivity contribution < 1.29 is 22.6 Å². The van der Waals surface area contributed by atoms with Gasteiger partial charge in [0.15, 0.2) is 11.5 Å². The number of unbranched alkanes of at least 4 members (excludes halogenated alkanes) is 1. The molecule has 0 atom stereocenters. The Kier molecular flexibility index (Phi) is 5.77. The van der Waals surface area contributed by atoms with Gasteiger partial charge in [0.1, 0.15) is 0 Å². The zero-order valence-electron chi connectivity index (χ0n) is 10.1. The van der Waals surface area contributed by atoms with Crippen molar-refractivity contribution in [3.05, 3.63) is 24.3 Å². The molecule has 1 rings (SSSR count). The van der Waals surface area contributed by atoms with Crippen LogP contribution in [0.4, 0.5) is 13.2 Å². The molecule has 0 heterocycles. The number of alkyl halides is 3. The lowest BCUT2D eigenvalue weighted by Gasteiger charge is -2.13. The van der Waals surface area contributed by atoms with Crippen LogP contribution in [0.3, 0.4) is 0 Å². The first kappa shape index (κ1) is 14.6. The first-order valence-electron chi connectivity index (χ1n) is 5.65. The zero-order chi connectivity index (χ0) is 13.4. The quantitative estimate of drug-likeness (QED) is 0.767. The fourth-order valence-corrected chi connectivity index (χ4v) is 1.36. The molecule has 3 nitrogen and oxygen atoms in total. The summed E-state index contributed by atoms with van der Waals surface area (Å²) in [5.41, 5.74) is 0. The van der Waals surface area contributed by atoms with E-state index in [1.54, 1.807) is 6.07 Å². The summed E-state index contributed by atoms with van der Waals surface area (Å²) < 4.78 is 45.5. The van der Waals surface area contributed by atoms with Gasteiger partial charge in [0, 0.05) is 0 Å². The van der Waals surface area contributed by atoms with Crippen molar-refractivity contribution in [1.29, 1.82) is 0 Å². The second-order valence-electron chi connectivity index (χ2n) is 3.65. The van der Waals surface area contributed by atoms with Gasteiger partial charge in [-0.25, -0.2) is 0 Å². The first-order chi connectivity index (χ1) is 8.53. The maximum Gasteiger partial charge on any atom is 0.573 e. The van der Waals surface area contributed by atoms with E-state index in [0.29, 0.717) is 6.61 Å². The molecule has 1 N–H and O–H groups in total. The summed E-state index contributed by atoms with van der Waals surface area (Å²) in [6.07, 6.45) is -3.04. The molecule has 1 aromatic rings. The highest BCUT2D eigenvalue weighted by atomic mass is 19.4. The molecule has 0 saturated carbocycles. The number of rotatable bonds is 7. The van der Waals surface area contributed by atoms with Gasteiger partial charge in [0.25, 0.3) is 0 Å². The molecular formula is C12H16F3NO2. The van der Waals surface area contributed by atoms with E-state index in [9.17, 15) is 13.2 Å². The van der Waals surface area contributed by atoms with Crippen molar-refractivity contribution >= 4 is 0 Å². The third kappa shape index (κ3) is 5.77. The first-order valence-corrected chi connectivity index (χ1v) is 5.65. The maximum atomic E-state index is 12.1. The predicted octanol–water partition coefficient (Wildman–Crippen LogP) is 2.96. The molecule has 0 aliphatic rings. The summed E-state index contributed by atoms with van der Waals surface area (Å²) in [7, 11) is 1.84. The summed E-state index contributed by atoms with van der Waals surface area (Å²) in [5.74, 6) is -0.196. The van der Waals surface area contributed by atoms with Crippen molar-refractivity contribution in [3.8, 4) is 11.5 Å². The van der Waals surface area contributed by atoms with Crippen LogP contribution in [-0.4, -0.2) is 26.6 Å². The highest BCUT2D eigenvalue weighted by Gasteiger charge is 2.32. The molecule has 0 radical (unpaired) electrons. The van der Waals surface area contributed by atoms with Gasteiger partial charge in [0.05, 0.1) is 6.61 Å². The molecule has 102 valence electrons. The van der Waals surface area contributed by atoms with Gasteiger partial charge in [-0.15, -0.1) is 13.2 Å². The lowest BCUT2D eigenvalue weighted by Crippen LogP contribution is -2.18. The van der Waals surface area contributed by atoms with Gasteiger partial charge in [-0.2, -0.15) is 0 Å². The summed E-state index contributed by atoms with van der Waals surface area (Å²) in [5, 5.41) is 2.98. The molecule has 0 unspecified atom stereocenters. The summed E-state index contributed by atoms with van der Waals surface area (Å²) >= 11 is 0. The molecule has 0 aliphatic heterocycles. The van der Waals surface area contributed by atoms with E-state index in [-0.39, 0.29) is 11.5 Å². The van der Waals surface area contributed by atoms with E-state index >= 15 is 0 Å². The topological polar surface area (TPSA) is 30.5 Å². The summed E-state index contributed by atoms with van der Waals surface area (Å²) in [6.45, 7) is 1.21. The Bertz CT molecular complexity index is 355. The number of hydrogen-bond acceptors (Lipinski definition) is 3. The molecular weight excluding hydrogens is 247 g/mol. The number of halogens is 3. The Morgan fingerprint density at radius 2 is 1.78 bits per heavy atom. The highest BCUT2D eigenvalue weighted by molar-refractivity contribution is 5.39. The standard InChI is InChI=1S/C12H16F3NO2/c1-16-8-4-5-9-17-10-6-2-3-7-11(10)18-12(13,14)15/h2-3,6-7,16H,4-5,8-9H2,1H3. The van der Waals surface area contributed by atoms with E-state index in [1.165, 1.54) is 18.2 Å². The second-order valence-corrected chi connectivity index (χ2v) is 3.65. The van der Waals surface area contributed by atoms with Gasteiger partial charge < -0.3 is 14.8 Å². The number of benzene rings is 1. The summed E-state index contributed by atoms with van der Waals surface area (Å²) in [6, 6.07) is 5.76. The van der Waals surface area contributed by atoms with E-state index in [4.69, 9.17) is 4.74 Å². The van der Waals surface area contributed by atoms with Crippen LogP contribution in [0.1, 0.15) is 12.8 Å². The van der Waals surface area contributed by atoms with E-state index in [0.717, 1.165) is 19.4 Å². The van der Waals surface area contributed by atoms with Crippen LogP contribution < -0.4 is 14.8 Å². The van der Waals surface area contributed by atoms with Gasteiger partial charge >= 0.3 is 6.36 Å². The van der Waals surface area contributed by atoms with Gasteiger partial charge in [-0.3, -0.25) is 0 Å². The van der Waals surface area contributed by atoms with E-state index in [2.05, 4.69) is 10.1 Å². The van der Waals surface area contributed by atoms with Crippen LogP contribution in [0.15, 0.2) is 24.3 Å². The third-order valence-electron chi connectivity index (χ3n) is 2.15. The van der Waals surface area contributed by atoms with E-state index < -0.39 is 6.36 Å². The molecule has 6 heteroatoms. The van der Waals surface area contributed by atoms with Gasteiger partial charge in [-0.1, -0.05) is 12.1 Å². The van der Waals surface area contributed by atoms with Crippen LogP contribution in [0.25, 0.3) is 0 Å². The zero-order valence-corrected chi connectivity index (χ0v) is 10.1. The van der Waals surface area contributed by atoms with Gasteiger partial charge in [0.2, 0.25) is 0 Å². The molecule has 0 spiro atoms. The lowest BCUT2D eigenvalue weighted by molar-refractivity contribution is -0.275. The predicted molar refractivity (Wildman–Crippen MR) is 61.8 cm³/mol. The molecule has 0 aliphatic carbocycles. The minimum absolute atomic E-state index is 0.110. The minimum Gasteiger partial charge on any atom is -0.490 e. The monoisotopic (exact) mass is 263 g/mol. The highest BCUT2D eigenvalue weighted by Crippen LogP contribution is 2.31. The average molecular weight is 263 g/mol. The molecule has 0 aromatic heterocycles. The minimum atomic E-state index is -4.70. The molecule has 1 aromatic carbocycles. The Hall–Kier alpha value is -1.43. The third-order valence-corrected chi connectivity index (χ3v) is 2.15. The lowest BCUT2D eigenvalue weighted by atomic mass is 10.3. The van der Waals surface area contributed by atoms with Crippen molar-refractivity contribution in [2.45, 2.75) is 19.2 Å². The van der Waals surface area contributed by atoms with Gasteiger partial charge in [-0.05, 0) is 38.6 Å². The molecule has 0 amide bonds. The Balaban J connectivity index is 2.49. The summed E-state index contributed by atoms with van der Waals surface area (Å²) in [4.78, 5) is 0. The fraction of sp³-hybridized carbons (Fsp3) is 0.500. The van der Waals surface area contributed by atoms with Crippen LogP contribution in [0.2, 0.25) is 0 Å². The van der Waals surface area contributed by atoms with Crippen LogP contribution in [0, 0.1) is 0 Å². The SMILES string of the molecule is CNCCCCOc1ccccc1OC(F)(F)F. The normalized spacial score (nSPS) is 11.3. The van der Waals surface area contributed by atoms with Crippen molar-refractivity contribution in [1.82, 2.24) is 5.32 Å². The average Bonchev–Trinajstić information content (AvgIpc) is 2.29. The number of nitrogens with one attached hydrogen (secondary N) is 1. The number of ether oxygens (including phenoxy) is 2. The largest absolute Gasteiger partial charge is 0.573 e. The Morgan fingerprint density at radius 3 is 2.39 bits per heavy atom. The van der Waals surface area contributed by atoms with Crippen molar-refractivity contribution in [2.75, 3.05) is 20.2 Å². The molecule has 18 heavy (non-hydrogen) atoms. The van der Waals surface area contributed by atoms with Crippen molar-refractivity contribution in [2.24, 2.45) is 0 Å². The maximum absolute atomic E-state index is 12.1. The molecule has 0 saturated heterocycles. The molecule has 0 bridgehead atoms. The van der Waals surface area contributed by atoms with Crippen LogP contribution in [0.5, 0.6) is 11.5 Å². The van der Waals surface area contributed by atoms with Crippen LogP contribution >= 0.6 is 0 Å². The van der Waals surface area contributed by atoms with E-state index in [1.807, 2.05) is 7.05 Å². The van der Waals surface area contributed by atoms with Crippen molar-refractivity contribution in [3.63, 3.8) is 0 Å². The molecule has 0 fully saturated rings.